The van der Waals surface area contributed by atoms with Crippen molar-refractivity contribution >= 4 is 34.0 Å². The van der Waals surface area contributed by atoms with Crippen molar-refractivity contribution in [3.8, 4) is 0 Å². The van der Waals surface area contributed by atoms with Gasteiger partial charge in [-0.2, -0.15) is 0 Å². The van der Waals surface area contributed by atoms with E-state index in [2.05, 4.69) is 50.5 Å². The average molecular weight is 367 g/mol. The van der Waals surface area contributed by atoms with E-state index in [1.54, 1.807) is 18.7 Å². The molecule has 3 heteroatoms. The van der Waals surface area contributed by atoms with Crippen molar-refractivity contribution in [3.05, 3.63) is 0 Å². The van der Waals surface area contributed by atoms with E-state index in [0.717, 1.165) is 0 Å². The molecule has 0 unspecified atom stereocenters. The summed E-state index contributed by atoms with van der Waals surface area (Å²) in [7, 11) is 1.66. The summed E-state index contributed by atoms with van der Waals surface area (Å²) in [6, 6.07) is 4.52. The van der Waals surface area contributed by atoms with Gasteiger partial charge in [0.2, 0.25) is 0 Å². The van der Waals surface area contributed by atoms with Crippen LogP contribution in [0.4, 0.5) is 0 Å². The van der Waals surface area contributed by atoms with Crippen LogP contribution in [-0.2, 0) is 0 Å². The maximum absolute atomic E-state index is 2.52. The monoisotopic (exact) mass is 368 g/mol. The molecule has 0 aliphatic heterocycles. The third-order valence-corrected chi connectivity index (χ3v) is 38.8. The van der Waals surface area contributed by atoms with Gasteiger partial charge in [0.05, 0.1) is 0 Å². The molecule has 0 aliphatic rings. The summed E-state index contributed by atoms with van der Waals surface area (Å²) in [6.07, 6.45) is 0. The normalized spacial score (nSPS) is 13.1. The van der Waals surface area contributed by atoms with E-state index in [-0.39, 0.29) is 0 Å². The van der Waals surface area contributed by atoms with Crippen LogP contribution in [0.5, 0.6) is 0 Å². The van der Waals surface area contributed by atoms with Crippen molar-refractivity contribution in [3.63, 3.8) is 0 Å². The second-order valence-electron chi connectivity index (χ2n) is 5.09. The molecule has 98 valence electrons. The van der Waals surface area contributed by atoms with Crippen molar-refractivity contribution in [2.45, 2.75) is 73.0 Å². The van der Waals surface area contributed by atoms with E-state index in [1.807, 2.05) is 0 Å². The van der Waals surface area contributed by atoms with E-state index < -0.39 is 25.1 Å². The first-order chi connectivity index (χ1) is 7.57. The van der Waals surface area contributed by atoms with E-state index in [0.29, 0.717) is 0 Å². The molecule has 0 atom stereocenters. The minimum atomic E-state index is -1.70. The van der Waals surface area contributed by atoms with Crippen LogP contribution in [0.15, 0.2) is 0 Å². The molecule has 0 saturated carbocycles. The van der Waals surface area contributed by atoms with Gasteiger partial charge in [0.1, 0.15) is 0 Å². The minimum absolute atomic E-state index is 0.861. The van der Waals surface area contributed by atoms with Crippen LogP contribution in [0.3, 0.4) is 0 Å². The summed E-state index contributed by atoms with van der Waals surface area (Å²) < 4.78 is 4.65. The predicted octanol–water partition coefficient (Wildman–Crippen LogP) is 5.77. The fraction of sp³-hybridized carbons (Fsp3) is 1.00. The van der Waals surface area contributed by atoms with Crippen molar-refractivity contribution in [1.29, 1.82) is 0 Å². The molecule has 0 saturated heterocycles. The quantitative estimate of drug-likeness (QED) is 0.466. The molecule has 0 nitrogen and oxygen atoms in total. The fourth-order valence-electron chi connectivity index (χ4n) is 2.42. The molecule has 0 aromatic carbocycles. The summed E-state index contributed by atoms with van der Waals surface area (Å²) in [5.74, 6) is 0. The van der Waals surface area contributed by atoms with Crippen LogP contribution in [0.25, 0.3) is 0 Å². The molecule has 0 aromatic rings. The van der Waals surface area contributed by atoms with Gasteiger partial charge in [0, 0.05) is 0 Å². The Kier molecular flexibility index (Phi) is 9.19. The molecule has 0 aromatic heterocycles. The first-order valence-electron chi connectivity index (χ1n) is 7.21. The molecule has 0 bridgehead atoms. The van der Waals surface area contributed by atoms with Gasteiger partial charge in [-0.15, -0.1) is 0 Å². The SMILES string of the molecule is CC[Si](CC)(CC)C[S][Sn]([CH2]C)([CH2]C)[CH2]C. The van der Waals surface area contributed by atoms with E-state index in [1.165, 1.54) is 18.1 Å². The van der Waals surface area contributed by atoms with Crippen LogP contribution in [0.1, 0.15) is 41.5 Å². The standard InChI is InChI=1S/C7H18SSi.3C2H5.Sn/c1-4-9(5-2,6-3)7-8;3*1-2;/h8H,4-7H2,1-3H3;3*1H2,2H3;/q;;;;+1/p-1. The molecular formula is C13H32SSiSn. The zero-order chi connectivity index (χ0) is 12.7. The molecule has 0 N–H and O–H groups in total. The summed E-state index contributed by atoms with van der Waals surface area (Å²) in [5, 5.41) is 1.59. The summed E-state index contributed by atoms with van der Waals surface area (Å²) in [6.45, 7) is 14.7. The average Bonchev–Trinajstić information content (AvgIpc) is 2.37. The molecular weight excluding hydrogens is 335 g/mol. The van der Waals surface area contributed by atoms with Crippen molar-refractivity contribution in [1.82, 2.24) is 0 Å². The molecule has 0 rings (SSSR count). The van der Waals surface area contributed by atoms with Gasteiger partial charge >= 0.3 is 112 Å². The van der Waals surface area contributed by atoms with Gasteiger partial charge in [-0.05, 0) is 0 Å². The van der Waals surface area contributed by atoms with Crippen LogP contribution in [0, 0.1) is 0 Å². The third kappa shape index (κ3) is 4.56. The summed E-state index contributed by atoms with van der Waals surface area (Å²) in [4.78, 5) is 0. The Morgan fingerprint density at radius 1 is 0.750 bits per heavy atom. The van der Waals surface area contributed by atoms with Crippen molar-refractivity contribution in [2.24, 2.45) is 0 Å². The van der Waals surface area contributed by atoms with E-state index in [9.17, 15) is 0 Å². The number of rotatable bonds is 9. The first-order valence-corrected chi connectivity index (χ1v) is 20.6. The zero-order valence-electron chi connectivity index (χ0n) is 12.4. The Labute approximate surface area is 112 Å². The summed E-state index contributed by atoms with van der Waals surface area (Å²) >= 11 is -1.70. The molecule has 0 spiro atoms. The van der Waals surface area contributed by atoms with Gasteiger partial charge in [-0.25, -0.2) is 0 Å². The van der Waals surface area contributed by atoms with Gasteiger partial charge in [-0.3, -0.25) is 0 Å². The number of hydrogen-bond donors (Lipinski definition) is 0. The molecule has 0 heterocycles. The Morgan fingerprint density at radius 2 is 1.12 bits per heavy atom. The molecule has 0 fully saturated rings. The van der Waals surface area contributed by atoms with Crippen molar-refractivity contribution in [2.75, 3.05) is 5.38 Å². The predicted molar refractivity (Wildman–Crippen MR) is 86.9 cm³/mol. The second-order valence-corrected chi connectivity index (χ2v) is 32.7. The van der Waals surface area contributed by atoms with Gasteiger partial charge < -0.3 is 0 Å². The summed E-state index contributed by atoms with van der Waals surface area (Å²) in [5.41, 5.74) is 0. The molecule has 0 aliphatic carbocycles. The molecule has 0 amide bonds. The maximum atomic E-state index is 2.52. The van der Waals surface area contributed by atoms with Gasteiger partial charge in [0.25, 0.3) is 0 Å². The Bertz CT molecular complexity index is 140. The zero-order valence-corrected chi connectivity index (χ0v) is 17.0. The molecule has 16 heavy (non-hydrogen) atoms. The van der Waals surface area contributed by atoms with Crippen LogP contribution in [-0.4, -0.2) is 30.4 Å². The van der Waals surface area contributed by atoms with E-state index in [4.69, 9.17) is 0 Å². The first kappa shape index (κ1) is 17.4. The third-order valence-electron chi connectivity index (χ3n) is 4.87. The van der Waals surface area contributed by atoms with Crippen molar-refractivity contribution < 1.29 is 0 Å². The van der Waals surface area contributed by atoms with Crippen LogP contribution in [0.2, 0.25) is 31.4 Å². The van der Waals surface area contributed by atoms with Gasteiger partial charge in [0.15, 0.2) is 0 Å². The van der Waals surface area contributed by atoms with E-state index >= 15 is 0 Å². The van der Waals surface area contributed by atoms with Crippen LogP contribution < -0.4 is 0 Å². The Morgan fingerprint density at radius 3 is 1.38 bits per heavy atom. The molecule has 0 radical (unpaired) electrons. The Balaban J connectivity index is 4.48. The Hall–Kier alpha value is 1.37. The van der Waals surface area contributed by atoms with Gasteiger partial charge in [-0.1, -0.05) is 0 Å². The number of hydrogen-bond acceptors (Lipinski definition) is 1. The van der Waals surface area contributed by atoms with Crippen LogP contribution >= 0.6 is 8.95 Å². The second kappa shape index (κ2) is 8.46. The topological polar surface area (TPSA) is 0 Å². The fourth-order valence-corrected chi connectivity index (χ4v) is 34.7.